The standard InChI is InChI=1S/C8H15NO3/c1-8(2,3)7(10)5-4-6-9(11)12/h4-6H2,1-3H3. The fourth-order valence-electron chi connectivity index (χ4n) is 0.744. The molecule has 0 fully saturated rings. The summed E-state index contributed by atoms with van der Waals surface area (Å²) in [6, 6.07) is 0. The second-order valence-corrected chi connectivity index (χ2v) is 3.83. The highest BCUT2D eigenvalue weighted by Crippen LogP contribution is 2.17. The molecule has 0 rings (SSSR count). The molecule has 0 unspecified atom stereocenters. The summed E-state index contributed by atoms with van der Waals surface area (Å²) < 4.78 is 0. The van der Waals surface area contributed by atoms with E-state index in [1.165, 1.54) is 0 Å². The molecule has 4 nitrogen and oxygen atoms in total. The molecule has 0 saturated heterocycles. The third-order valence-electron chi connectivity index (χ3n) is 1.58. The Morgan fingerprint density at radius 1 is 1.42 bits per heavy atom. The molecule has 0 aliphatic carbocycles. The number of nitro groups is 1. The van der Waals surface area contributed by atoms with Crippen molar-refractivity contribution in [2.45, 2.75) is 33.6 Å². The quantitative estimate of drug-likeness (QED) is 0.479. The number of carbonyl (C=O) groups excluding carboxylic acids is 1. The lowest BCUT2D eigenvalue weighted by Crippen LogP contribution is -2.20. The molecule has 0 bridgehead atoms. The van der Waals surface area contributed by atoms with E-state index in [4.69, 9.17) is 0 Å². The largest absolute Gasteiger partial charge is 0.299 e. The lowest BCUT2D eigenvalue weighted by Gasteiger charge is -2.15. The summed E-state index contributed by atoms with van der Waals surface area (Å²) in [6.45, 7) is 5.35. The first-order valence-electron chi connectivity index (χ1n) is 3.99. The number of nitrogens with zero attached hydrogens (tertiary/aromatic N) is 1. The maximum atomic E-state index is 11.2. The molecular weight excluding hydrogens is 158 g/mol. The topological polar surface area (TPSA) is 60.2 Å². The van der Waals surface area contributed by atoms with Crippen LogP contribution in [0.5, 0.6) is 0 Å². The number of carbonyl (C=O) groups is 1. The van der Waals surface area contributed by atoms with E-state index in [0.717, 1.165) is 0 Å². The Kier molecular flexibility index (Phi) is 3.86. The van der Waals surface area contributed by atoms with E-state index in [0.29, 0.717) is 12.8 Å². The molecule has 12 heavy (non-hydrogen) atoms. The maximum absolute atomic E-state index is 11.2. The zero-order valence-electron chi connectivity index (χ0n) is 7.79. The van der Waals surface area contributed by atoms with Crippen LogP contribution in [0.25, 0.3) is 0 Å². The van der Waals surface area contributed by atoms with Crippen molar-refractivity contribution in [2.24, 2.45) is 5.41 Å². The molecular formula is C8H15NO3. The highest BCUT2D eigenvalue weighted by atomic mass is 16.6. The van der Waals surface area contributed by atoms with Gasteiger partial charge >= 0.3 is 0 Å². The highest BCUT2D eigenvalue weighted by Gasteiger charge is 2.20. The molecule has 0 aliphatic heterocycles. The van der Waals surface area contributed by atoms with Crippen LogP contribution >= 0.6 is 0 Å². The van der Waals surface area contributed by atoms with Gasteiger partial charge in [0.05, 0.1) is 0 Å². The van der Waals surface area contributed by atoms with Crippen molar-refractivity contribution < 1.29 is 9.72 Å². The molecule has 0 amide bonds. The van der Waals surface area contributed by atoms with Gasteiger partial charge in [0.2, 0.25) is 6.54 Å². The summed E-state index contributed by atoms with van der Waals surface area (Å²) in [7, 11) is 0. The molecule has 0 radical (unpaired) electrons. The summed E-state index contributed by atoms with van der Waals surface area (Å²) in [5, 5.41) is 9.92. The van der Waals surface area contributed by atoms with E-state index in [-0.39, 0.29) is 17.7 Å². The van der Waals surface area contributed by atoms with Crippen molar-refractivity contribution in [3.8, 4) is 0 Å². The number of ketones is 1. The zero-order valence-corrected chi connectivity index (χ0v) is 7.79. The van der Waals surface area contributed by atoms with E-state index in [2.05, 4.69) is 0 Å². The lowest BCUT2D eigenvalue weighted by atomic mass is 9.88. The number of hydrogen-bond donors (Lipinski definition) is 0. The predicted octanol–water partition coefficient (Wildman–Crippen LogP) is 1.66. The van der Waals surface area contributed by atoms with Gasteiger partial charge in [-0.3, -0.25) is 14.9 Å². The molecule has 0 aromatic rings. The Labute approximate surface area is 72.1 Å². The Bertz CT molecular complexity index is 181. The van der Waals surface area contributed by atoms with Crippen LogP contribution in [0.15, 0.2) is 0 Å². The molecule has 0 heterocycles. The van der Waals surface area contributed by atoms with Gasteiger partial charge in [-0.05, 0) is 0 Å². The van der Waals surface area contributed by atoms with E-state index < -0.39 is 4.92 Å². The minimum absolute atomic E-state index is 0.0874. The average Bonchev–Trinajstić information content (AvgIpc) is 1.84. The van der Waals surface area contributed by atoms with E-state index in [1.54, 1.807) is 0 Å². The normalized spacial score (nSPS) is 11.2. The first kappa shape index (κ1) is 11.1. The SMILES string of the molecule is CC(C)(C)C(=O)CCC[N+](=O)[O-]. The van der Waals surface area contributed by atoms with Crippen LogP contribution in [0.1, 0.15) is 33.6 Å². The summed E-state index contributed by atoms with van der Waals surface area (Å²) in [5.74, 6) is 0.0874. The summed E-state index contributed by atoms with van der Waals surface area (Å²) in [4.78, 5) is 20.8. The van der Waals surface area contributed by atoms with Crippen molar-refractivity contribution in [3.63, 3.8) is 0 Å². The number of rotatable bonds is 4. The summed E-state index contributed by atoms with van der Waals surface area (Å²) in [5.41, 5.74) is -0.364. The monoisotopic (exact) mass is 173 g/mol. The summed E-state index contributed by atoms with van der Waals surface area (Å²) >= 11 is 0. The third-order valence-corrected chi connectivity index (χ3v) is 1.58. The zero-order chi connectivity index (χ0) is 9.78. The van der Waals surface area contributed by atoms with Crippen molar-refractivity contribution >= 4 is 5.78 Å². The van der Waals surface area contributed by atoms with Gasteiger partial charge in [-0.25, -0.2) is 0 Å². The van der Waals surface area contributed by atoms with Gasteiger partial charge < -0.3 is 0 Å². The van der Waals surface area contributed by atoms with Gasteiger partial charge in [0, 0.05) is 23.2 Å². The van der Waals surface area contributed by atoms with Crippen LogP contribution in [0, 0.1) is 15.5 Å². The van der Waals surface area contributed by atoms with Crippen LogP contribution in [0.4, 0.5) is 0 Å². The van der Waals surface area contributed by atoms with Crippen molar-refractivity contribution in [3.05, 3.63) is 10.1 Å². The van der Waals surface area contributed by atoms with Crippen LogP contribution in [-0.2, 0) is 4.79 Å². The van der Waals surface area contributed by atoms with Gasteiger partial charge in [0.15, 0.2) is 0 Å². The molecule has 0 spiro atoms. The lowest BCUT2D eigenvalue weighted by molar-refractivity contribution is -0.480. The fourth-order valence-corrected chi connectivity index (χ4v) is 0.744. The first-order valence-corrected chi connectivity index (χ1v) is 3.99. The second kappa shape index (κ2) is 4.18. The smallest absolute Gasteiger partial charge is 0.204 e. The third kappa shape index (κ3) is 4.82. The van der Waals surface area contributed by atoms with Gasteiger partial charge in [0.25, 0.3) is 0 Å². The van der Waals surface area contributed by atoms with Gasteiger partial charge in [-0.2, -0.15) is 0 Å². The predicted molar refractivity (Wildman–Crippen MR) is 45.6 cm³/mol. The van der Waals surface area contributed by atoms with Crippen molar-refractivity contribution in [1.82, 2.24) is 0 Å². The highest BCUT2D eigenvalue weighted by molar-refractivity contribution is 5.83. The van der Waals surface area contributed by atoms with Gasteiger partial charge in [-0.1, -0.05) is 20.8 Å². The second-order valence-electron chi connectivity index (χ2n) is 3.83. The molecule has 0 aromatic heterocycles. The fraction of sp³-hybridized carbons (Fsp3) is 0.875. The van der Waals surface area contributed by atoms with Crippen LogP contribution < -0.4 is 0 Å². The van der Waals surface area contributed by atoms with Crippen molar-refractivity contribution in [2.75, 3.05) is 6.54 Å². The van der Waals surface area contributed by atoms with E-state index in [9.17, 15) is 14.9 Å². The molecule has 0 aromatic carbocycles. The Morgan fingerprint density at radius 3 is 2.25 bits per heavy atom. The van der Waals surface area contributed by atoms with Crippen LogP contribution in [-0.4, -0.2) is 17.3 Å². The molecule has 0 saturated carbocycles. The summed E-state index contributed by atoms with van der Waals surface area (Å²) in [6.07, 6.45) is 0.660. The van der Waals surface area contributed by atoms with Gasteiger partial charge in [0.1, 0.15) is 5.78 Å². The molecule has 0 atom stereocenters. The van der Waals surface area contributed by atoms with Gasteiger partial charge in [-0.15, -0.1) is 0 Å². The Morgan fingerprint density at radius 2 is 1.92 bits per heavy atom. The molecule has 4 heteroatoms. The van der Waals surface area contributed by atoms with Crippen LogP contribution in [0.3, 0.4) is 0 Å². The Hall–Kier alpha value is -0.930. The maximum Gasteiger partial charge on any atom is 0.204 e. The van der Waals surface area contributed by atoms with Crippen LogP contribution in [0.2, 0.25) is 0 Å². The molecule has 70 valence electrons. The Balaban J connectivity index is 3.66. The minimum atomic E-state index is -0.393. The average molecular weight is 173 g/mol. The van der Waals surface area contributed by atoms with E-state index >= 15 is 0 Å². The molecule has 0 N–H and O–H groups in total. The van der Waals surface area contributed by atoms with E-state index in [1.807, 2.05) is 20.8 Å². The number of hydrogen-bond acceptors (Lipinski definition) is 3. The van der Waals surface area contributed by atoms with Crippen molar-refractivity contribution in [1.29, 1.82) is 0 Å². The number of Topliss-reactive ketones (excluding diaryl/α,β-unsaturated/α-hetero) is 1. The molecule has 0 aliphatic rings. The first-order chi connectivity index (χ1) is 5.34. The minimum Gasteiger partial charge on any atom is -0.299 e.